The summed E-state index contributed by atoms with van der Waals surface area (Å²) in [4.78, 5) is 27.6. The van der Waals surface area contributed by atoms with E-state index in [2.05, 4.69) is 15.6 Å². The highest BCUT2D eigenvalue weighted by atomic mass is 19.1. The Bertz CT molecular complexity index is 671. The Morgan fingerprint density at radius 2 is 1.73 bits per heavy atom. The number of hydrogen-bond acceptors (Lipinski definition) is 3. The SMILES string of the molecule is Cc1ccc(C(=O)NCCNC(=O)c2cccc(F)c2)cn1. The van der Waals surface area contributed by atoms with Gasteiger partial charge in [-0.1, -0.05) is 6.07 Å². The topological polar surface area (TPSA) is 71.1 Å². The molecule has 0 radical (unpaired) electrons. The minimum absolute atomic E-state index is 0.245. The summed E-state index contributed by atoms with van der Waals surface area (Å²) >= 11 is 0. The van der Waals surface area contributed by atoms with Gasteiger partial charge in [0, 0.05) is 30.5 Å². The van der Waals surface area contributed by atoms with Gasteiger partial charge in [-0.05, 0) is 37.3 Å². The van der Waals surface area contributed by atoms with Crippen LogP contribution in [-0.4, -0.2) is 29.9 Å². The van der Waals surface area contributed by atoms with Crippen molar-refractivity contribution in [3.05, 3.63) is 65.2 Å². The van der Waals surface area contributed by atoms with Gasteiger partial charge >= 0.3 is 0 Å². The maximum Gasteiger partial charge on any atom is 0.252 e. The lowest BCUT2D eigenvalue weighted by atomic mass is 10.2. The smallest absolute Gasteiger partial charge is 0.252 e. The van der Waals surface area contributed by atoms with E-state index in [9.17, 15) is 14.0 Å². The Hall–Kier alpha value is -2.76. The van der Waals surface area contributed by atoms with Gasteiger partial charge in [0.1, 0.15) is 5.82 Å². The first-order valence-electron chi connectivity index (χ1n) is 6.81. The number of nitrogens with zero attached hydrogens (tertiary/aromatic N) is 1. The number of nitrogens with one attached hydrogen (secondary N) is 2. The third-order valence-electron chi connectivity index (χ3n) is 2.96. The molecule has 114 valence electrons. The number of amides is 2. The summed E-state index contributed by atoms with van der Waals surface area (Å²) in [7, 11) is 0. The number of hydrogen-bond donors (Lipinski definition) is 2. The maximum atomic E-state index is 13.0. The highest BCUT2D eigenvalue weighted by Gasteiger charge is 2.07. The number of carbonyl (C=O) groups excluding carboxylic acids is 2. The van der Waals surface area contributed by atoms with Gasteiger partial charge in [-0.3, -0.25) is 14.6 Å². The Balaban J connectivity index is 1.76. The van der Waals surface area contributed by atoms with Crippen LogP contribution in [0.25, 0.3) is 0 Å². The summed E-state index contributed by atoms with van der Waals surface area (Å²) in [5, 5.41) is 5.28. The molecule has 0 aliphatic carbocycles. The second-order valence-electron chi connectivity index (χ2n) is 4.71. The Morgan fingerprint density at radius 3 is 2.32 bits per heavy atom. The quantitative estimate of drug-likeness (QED) is 0.826. The van der Waals surface area contributed by atoms with E-state index in [0.29, 0.717) is 5.56 Å². The standard InChI is InChI=1S/C16H16FN3O2/c1-11-5-6-13(10-20-11)16(22)19-8-7-18-15(21)12-3-2-4-14(17)9-12/h2-6,9-10H,7-8H2,1H3,(H,18,21)(H,19,22). The van der Waals surface area contributed by atoms with Crippen molar-refractivity contribution in [3.63, 3.8) is 0 Å². The van der Waals surface area contributed by atoms with Gasteiger partial charge in [0.25, 0.3) is 11.8 Å². The predicted octanol–water partition coefficient (Wildman–Crippen LogP) is 1.69. The van der Waals surface area contributed by atoms with Gasteiger partial charge in [-0.25, -0.2) is 4.39 Å². The van der Waals surface area contributed by atoms with Crippen molar-refractivity contribution in [2.45, 2.75) is 6.92 Å². The molecule has 0 spiro atoms. The molecule has 0 unspecified atom stereocenters. The van der Waals surface area contributed by atoms with Crippen LogP contribution in [0, 0.1) is 12.7 Å². The van der Waals surface area contributed by atoms with Crippen LogP contribution in [-0.2, 0) is 0 Å². The molecule has 0 aliphatic rings. The molecule has 0 bridgehead atoms. The van der Waals surface area contributed by atoms with Crippen LogP contribution in [0.2, 0.25) is 0 Å². The number of pyridine rings is 1. The molecule has 2 rings (SSSR count). The maximum absolute atomic E-state index is 13.0. The molecule has 0 atom stereocenters. The zero-order valence-corrected chi connectivity index (χ0v) is 12.1. The van der Waals surface area contributed by atoms with E-state index in [1.54, 1.807) is 12.1 Å². The van der Waals surface area contributed by atoms with E-state index in [1.165, 1.54) is 24.4 Å². The summed E-state index contributed by atoms with van der Waals surface area (Å²) < 4.78 is 13.0. The van der Waals surface area contributed by atoms with E-state index < -0.39 is 5.82 Å². The molecule has 0 fully saturated rings. The normalized spacial score (nSPS) is 10.1. The van der Waals surface area contributed by atoms with Crippen LogP contribution in [0.5, 0.6) is 0 Å². The summed E-state index contributed by atoms with van der Waals surface area (Å²) in [6.45, 7) is 2.36. The molecule has 0 saturated carbocycles. The molecule has 2 aromatic rings. The molecule has 22 heavy (non-hydrogen) atoms. The number of aryl methyl sites for hydroxylation is 1. The molecular formula is C16H16FN3O2. The van der Waals surface area contributed by atoms with Crippen molar-refractivity contribution in [2.75, 3.05) is 13.1 Å². The molecule has 5 nitrogen and oxygen atoms in total. The highest BCUT2D eigenvalue weighted by molar-refractivity contribution is 5.95. The molecule has 1 heterocycles. The van der Waals surface area contributed by atoms with Crippen LogP contribution < -0.4 is 10.6 Å². The van der Waals surface area contributed by atoms with Crippen molar-refractivity contribution in [3.8, 4) is 0 Å². The summed E-state index contributed by atoms with van der Waals surface area (Å²) in [6.07, 6.45) is 1.50. The first-order chi connectivity index (χ1) is 10.6. The van der Waals surface area contributed by atoms with E-state index >= 15 is 0 Å². The van der Waals surface area contributed by atoms with Crippen molar-refractivity contribution in [2.24, 2.45) is 0 Å². The fourth-order valence-corrected chi connectivity index (χ4v) is 1.79. The molecule has 6 heteroatoms. The van der Waals surface area contributed by atoms with Crippen molar-refractivity contribution < 1.29 is 14.0 Å². The van der Waals surface area contributed by atoms with Gasteiger partial charge in [-0.15, -0.1) is 0 Å². The summed E-state index contributed by atoms with van der Waals surface area (Å²) in [6, 6.07) is 8.85. The van der Waals surface area contributed by atoms with Gasteiger partial charge < -0.3 is 10.6 Å². The average molecular weight is 301 g/mol. The predicted molar refractivity (Wildman–Crippen MR) is 80.0 cm³/mol. The summed E-state index contributed by atoms with van der Waals surface area (Å²) in [5.74, 6) is -1.11. The molecule has 0 saturated heterocycles. The first kappa shape index (κ1) is 15.6. The number of aromatic nitrogens is 1. The van der Waals surface area contributed by atoms with Crippen molar-refractivity contribution in [1.82, 2.24) is 15.6 Å². The van der Waals surface area contributed by atoms with E-state index in [1.807, 2.05) is 6.92 Å². The fourth-order valence-electron chi connectivity index (χ4n) is 1.79. The third kappa shape index (κ3) is 4.37. The lowest BCUT2D eigenvalue weighted by molar-refractivity contribution is 0.0927. The van der Waals surface area contributed by atoms with E-state index in [0.717, 1.165) is 11.8 Å². The molecule has 2 N–H and O–H groups in total. The molecular weight excluding hydrogens is 285 g/mol. The lowest BCUT2D eigenvalue weighted by Gasteiger charge is -2.07. The largest absolute Gasteiger partial charge is 0.350 e. The van der Waals surface area contributed by atoms with Crippen LogP contribution in [0.3, 0.4) is 0 Å². The van der Waals surface area contributed by atoms with E-state index in [-0.39, 0.29) is 30.5 Å². The van der Waals surface area contributed by atoms with Gasteiger partial charge in [-0.2, -0.15) is 0 Å². The second kappa shape index (κ2) is 7.31. The third-order valence-corrected chi connectivity index (χ3v) is 2.96. The monoisotopic (exact) mass is 301 g/mol. The van der Waals surface area contributed by atoms with Crippen LogP contribution in [0.4, 0.5) is 4.39 Å². The number of halogens is 1. The van der Waals surface area contributed by atoms with Gasteiger partial charge in [0.05, 0.1) is 5.56 Å². The molecule has 1 aromatic carbocycles. The lowest BCUT2D eigenvalue weighted by Crippen LogP contribution is -2.34. The number of rotatable bonds is 5. The van der Waals surface area contributed by atoms with Crippen molar-refractivity contribution in [1.29, 1.82) is 0 Å². The Morgan fingerprint density at radius 1 is 1.05 bits per heavy atom. The number of carbonyl (C=O) groups is 2. The summed E-state index contributed by atoms with van der Waals surface area (Å²) in [5.41, 5.74) is 1.54. The Kier molecular flexibility index (Phi) is 5.19. The van der Waals surface area contributed by atoms with Crippen molar-refractivity contribution >= 4 is 11.8 Å². The Labute approximate surface area is 127 Å². The first-order valence-corrected chi connectivity index (χ1v) is 6.81. The average Bonchev–Trinajstić information content (AvgIpc) is 2.51. The van der Waals surface area contributed by atoms with Crippen LogP contribution in [0.15, 0.2) is 42.6 Å². The van der Waals surface area contributed by atoms with E-state index in [4.69, 9.17) is 0 Å². The zero-order chi connectivity index (χ0) is 15.9. The fraction of sp³-hybridized carbons (Fsp3) is 0.188. The second-order valence-corrected chi connectivity index (χ2v) is 4.71. The molecule has 1 aromatic heterocycles. The van der Waals surface area contributed by atoms with Crippen LogP contribution >= 0.6 is 0 Å². The minimum atomic E-state index is -0.465. The molecule has 0 aliphatic heterocycles. The van der Waals surface area contributed by atoms with Gasteiger partial charge in [0.2, 0.25) is 0 Å². The zero-order valence-electron chi connectivity index (χ0n) is 12.1. The van der Waals surface area contributed by atoms with Crippen LogP contribution in [0.1, 0.15) is 26.4 Å². The number of benzene rings is 1. The van der Waals surface area contributed by atoms with Gasteiger partial charge in [0.15, 0.2) is 0 Å². The minimum Gasteiger partial charge on any atom is -0.350 e. The highest BCUT2D eigenvalue weighted by Crippen LogP contribution is 2.03. The molecule has 2 amide bonds.